The fourth-order valence-electron chi connectivity index (χ4n) is 4.49. The monoisotopic (exact) mass is 504 g/mol. The number of ether oxygens (including phenoxy) is 1. The molecule has 1 saturated heterocycles. The number of nitrogens with one attached hydrogen (secondary N) is 1. The van der Waals surface area contributed by atoms with E-state index in [9.17, 15) is 4.79 Å². The summed E-state index contributed by atoms with van der Waals surface area (Å²) in [6.45, 7) is 6.99. The number of rotatable bonds is 9. The quantitative estimate of drug-likeness (QED) is 0.262. The summed E-state index contributed by atoms with van der Waals surface area (Å²) in [4.78, 5) is 24.6. The van der Waals surface area contributed by atoms with Crippen LogP contribution in [-0.2, 0) is 11.2 Å². The van der Waals surface area contributed by atoms with E-state index in [1.165, 1.54) is 5.56 Å². The van der Waals surface area contributed by atoms with E-state index in [1.807, 2.05) is 23.6 Å². The molecule has 5 rings (SSSR count). The van der Waals surface area contributed by atoms with Crippen LogP contribution in [0.15, 0.2) is 40.4 Å². The SMILES string of the molecule is CCOC(=O)c1cc(-c2csc(N3CCN(CCCCc4c[nH]c5ccc(C#N)cc45)CC3)n2)on1. The molecule has 1 aliphatic rings. The molecule has 4 aromatic rings. The highest BCUT2D eigenvalue weighted by Crippen LogP contribution is 2.29. The summed E-state index contributed by atoms with van der Waals surface area (Å²) in [6.07, 6.45) is 5.34. The number of aromatic nitrogens is 3. The first-order valence-corrected chi connectivity index (χ1v) is 13.1. The van der Waals surface area contributed by atoms with Gasteiger partial charge in [-0.05, 0) is 56.5 Å². The highest BCUT2D eigenvalue weighted by atomic mass is 32.1. The number of aromatic amines is 1. The zero-order valence-electron chi connectivity index (χ0n) is 20.2. The van der Waals surface area contributed by atoms with Crippen LogP contribution in [0.5, 0.6) is 0 Å². The van der Waals surface area contributed by atoms with Gasteiger partial charge in [0.1, 0.15) is 5.69 Å². The summed E-state index contributed by atoms with van der Waals surface area (Å²) in [5, 5.41) is 17.0. The Morgan fingerprint density at radius 2 is 2.11 bits per heavy atom. The molecule has 0 unspecified atom stereocenters. The van der Waals surface area contributed by atoms with Crippen LogP contribution in [0.3, 0.4) is 0 Å². The third-order valence-electron chi connectivity index (χ3n) is 6.45. The first kappa shape index (κ1) is 24.0. The van der Waals surface area contributed by atoms with Crippen LogP contribution in [-0.4, -0.2) is 65.3 Å². The van der Waals surface area contributed by atoms with Gasteiger partial charge in [-0.2, -0.15) is 5.26 Å². The predicted molar refractivity (Wildman–Crippen MR) is 138 cm³/mol. The van der Waals surface area contributed by atoms with Gasteiger partial charge in [-0.1, -0.05) is 5.16 Å². The number of carbonyl (C=O) groups is 1. The van der Waals surface area contributed by atoms with Crippen molar-refractivity contribution in [2.24, 2.45) is 0 Å². The molecule has 1 fully saturated rings. The Morgan fingerprint density at radius 1 is 1.25 bits per heavy atom. The molecule has 0 atom stereocenters. The van der Waals surface area contributed by atoms with Crippen molar-refractivity contribution in [1.82, 2.24) is 20.0 Å². The zero-order valence-corrected chi connectivity index (χ0v) is 21.0. The van der Waals surface area contributed by atoms with Gasteiger partial charge in [-0.25, -0.2) is 9.78 Å². The first-order valence-electron chi connectivity index (χ1n) is 12.2. The Morgan fingerprint density at radius 3 is 2.92 bits per heavy atom. The van der Waals surface area contributed by atoms with Gasteiger partial charge in [0.2, 0.25) is 0 Å². The van der Waals surface area contributed by atoms with E-state index in [1.54, 1.807) is 24.3 Å². The maximum absolute atomic E-state index is 11.8. The van der Waals surface area contributed by atoms with E-state index in [4.69, 9.17) is 19.5 Å². The Hall–Kier alpha value is -3.68. The van der Waals surface area contributed by atoms with Crippen molar-refractivity contribution < 1.29 is 14.1 Å². The van der Waals surface area contributed by atoms with E-state index >= 15 is 0 Å². The molecule has 0 radical (unpaired) electrons. The third kappa shape index (κ3) is 5.27. The maximum Gasteiger partial charge on any atom is 0.360 e. The standard InChI is InChI=1S/C26H28N6O3S/c1-2-34-25(33)22-14-24(35-30-22)23-17-36-26(29-23)32-11-9-31(10-12-32)8-4-3-5-19-16-28-21-7-6-18(15-27)13-20(19)21/h6-7,13-14,16-17,28H,2-5,8-12H2,1H3. The summed E-state index contributed by atoms with van der Waals surface area (Å²) in [5.74, 6) is -0.0214. The number of nitrogens with zero attached hydrogens (tertiary/aromatic N) is 5. The van der Waals surface area contributed by atoms with E-state index < -0.39 is 5.97 Å². The van der Waals surface area contributed by atoms with Crippen molar-refractivity contribution in [2.45, 2.75) is 26.2 Å². The molecule has 36 heavy (non-hydrogen) atoms. The molecular weight excluding hydrogens is 476 g/mol. The van der Waals surface area contributed by atoms with Crippen LogP contribution in [0.1, 0.15) is 41.4 Å². The molecule has 0 aliphatic carbocycles. The maximum atomic E-state index is 11.8. The van der Waals surface area contributed by atoms with Gasteiger partial charge in [0.25, 0.3) is 0 Å². The van der Waals surface area contributed by atoms with Gasteiger partial charge >= 0.3 is 5.97 Å². The van der Waals surface area contributed by atoms with E-state index in [0.29, 0.717) is 23.6 Å². The number of fused-ring (bicyclic) bond motifs is 1. The molecule has 0 saturated carbocycles. The van der Waals surface area contributed by atoms with Crippen LogP contribution in [0.4, 0.5) is 5.13 Å². The van der Waals surface area contributed by atoms with Gasteiger partial charge in [0, 0.05) is 54.7 Å². The molecule has 0 spiro atoms. The Balaban J connectivity index is 1.08. The van der Waals surface area contributed by atoms with E-state index in [0.717, 1.165) is 68.0 Å². The van der Waals surface area contributed by atoms with E-state index in [-0.39, 0.29) is 5.69 Å². The Labute approximate surface area is 213 Å². The molecular formula is C26H28N6O3S. The minimum Gasteiger partial charge on any atom is -0.461 e. The highest BCUT2D eigenvalue weighted by Gasteiger charge is 2.21. The molecule has 1 aromatic carbocycles. The number of esters is 1. The lowest BCUT2D eigenvalue weighted by Crippen LogP contribution is -2.46. The third-order valence-corrected chi connectivity index (χ3v) is 7.35. The molecule has 0 amide bonds. The van der Waals surface area contributed by atoms with Crippen molar-refractivity contribution in [1.29, 1.82) is 5.26 Å². The number of unbranched alkanes of at least 4 members (excludes halogenated alkanes) is 1. The lowest BCUT2D eigenvalue weighted by molar-refractivity contribution is 0.0514. The minimum absolute atomic E-state index is 0.159. The number of aryl methyl sites for hydroxylation is 1. The second kappa shape index (κ2) is 10.9. The van der Waals surface area contributed by atoms with Crippen molar-refractivity contribution in [3.63, 3.8) is 0 Å². The van der Waals surface area contributed by atoms with Crippen LogP contribution in [0, 0.1) is 11.3 Å². The van der Waals surface area contributed by atoms with Crippen molar-refractivity contribution >= 4 is 33.3 Å². The lowest BCUT2D eigenvalue weighted by Gasteiger charge is -2.34. The number of nitriles is 1. The second-order valence-corrected chi connectivity index (χ2v) is 9.62. The predicted octanol–water partition coefficient (Wildman–Crippen LogP) is 4.47. The van der Waals surface area contributed by atoms with Gasteiger partial charge < -0.3 is 19.1 Å². The highest BCUT2D eigenvalue weighted by molar-refractivity contribution is 7.14. The summed E-state index contributed by atoms with van der Waals surface area (Å²) in [7, 11) is 0. The summed E-state index contributed by atoms with van der Waals surface area (Å²) >= 11 is 1.57. The minimum atomic E-state index is -0.492. The largest absolute Gasteiger partial charge is 0.461 e. The number of hydrogen-bond acceptors (Lipinski definition) is 9. The Bertz CT molecular complexity index is 1380. The summed E-state index contributed by atoms with van der Waals surface area (Å²) in [6, 6.07) is 9.62. The number of hydrogen-bond donors (Lipinski definition) is 1. The smallest absolute Gasteiger partial charge is 0.360 e. The zero-order chi connectivity index (χ0) is 24.9. The molecule has 1 aliphatic heterocycles. The fourth-order valence-corrected chi connectivity index (χ4v) is 5.36. The van der Waals surface area contributed by atoms with Gasteiger partial charge in [-0.15, -0.1) is 11.3 Å². The number of H-pyrrole nitrogens is 1. The number of carbonyl (C=O) groups excluding carboxylic acids is 1. The van der Waals surface area contributed by atoms with E-state index in [2.05, 4.69) is 32.2 Å². The molecule has 186 valence electrons. The normalized spacial score (nSPS) is 14.3. The molecule has 10 heteroatoms. The topological polar surface area (TPSA) is 111 Å². The van der Waals surface area contributed by atoms with Crippen molar-refractivity contribution in [3.05, 3.63) is 52.7 Å². The Kier molecular flexibility index (Phi) is 7.30. The number of thiazole rings is 1. The van der Waals surface area contributed by atoms with Gasteiger partial charge in [0.05, 0.1) is 18.2 Å². The van der Waals surface area contributed by atoms with Crippen LogP contribution in [0.25, 0.3) is 22.4 Å². The average Bonchev–Trinajstić information content (AvgIpc) is 3.67. The molecule has 9 nitrogen and oxygen atoms in total. The molecule has 4 heterocycles. The van der Waals surface area contributed by atoms with Gasteiger partial charge in [0.15, 0.2) is 16.6 Å². The molecule has 0 bridgehead atoms. The average molecular weight is 505 g/mol. The van der Waals surface area contributed by atoms with Crippen LogP contribution < -0.4 is 4.90 Å². The second-order valence-electron chi connectivity index (χ2n) is 8.78. The summed E-state index contributed by atoms with van der Waals surface area (Å²) in [5.41, 5.74) is 3.92. The van der Waals surface area contributed by atoms with Gasteiger partial charge in [-0.3, -0.25) is 4.90 Å². The summed E-state index contributed by atoms with van der Waals surface area (Å²) < 4.78 is 10.3. The van der Waals surface area contributed by atoms with Crippen LogP contribution in [0.2, 0.25) is 0 Å². The lowest BCUT2D eigenvalue weighted by atomic mass is 10.1. The van der Waals surface area contributed by atoms with Crippen LogP contribution >= 0.6 is 11.3 Å². The molecule has 1 N–H and O–H groups in total. The molecule has 3 aromatic heterocycles. The number of piperazine rings is 1. The van der Waals surface area contributed by atoms with Crippen molar-refractivity contribution in [2.75, 3.05) is 44.2 Å². The van der Waals surface area contributed by atoms with Crippen molar-refractivity contribution in [3.8, 4) is 17.5 Å². The number of benzene rings is 1. The fraction of sp³-hybridized carbons (Fsp3) is 0.385. The first-order chi connectivity index (χ1) is 17.6. The number of anilines is 1.